The number of hydrogen-bond acceptors (Lipinski definition) is 8. The van der Waals surface area contributed by atoms with Crippen molar-refractivity contribution in [3.05, 3.63) is 64.9 Å². The Labute approximate surface area is 191 Å². The Morgan fingerprint density at radius 2 is 1.47 bits per heavy atom. The third kappa shape index (κ3) is 8.01. The van der Waals surface area contributed by atoms with E-state index in [9.17, 15) is 4.39 Å². The summed E-state index contributed by atoms with van der Waals surface area (Å²) in [7, 11) is 0. The summed E-state index contributed by atoms with van der Waals surface area (Å²) in [6, 6.07) is 13.5. The first-order valence-corrected chi connectivity index (χ1v) is 10.6. The number of ether oxygens (including phenoxy) is 2. The Bertz CT molecular complexity index is 960. The van der Waals surface area contributed by atoms with Crippen LogP contribution in [0.3, 0.4) is 0 Å². The largest absolute Gasteiger partial charge is 0.378 e. The molecule has 0 saturated heterocycles. The van der Waals surface area contributed by atoms with Gasteiger partial charge in [-0.2, -0.15) is 15.0 Å². The summed E-state index contributed by atoms with van der Waals surface area (Å²) in [5.41, 5.74) is 7.07. The average Bonchev–Trinajstić information content (AvgIpc) is 2.81. The number of nitrogens with two attached hydrogens (primary N) is 1. The molecule has 32 heavy (non-hydrogen) atoms. The fraction of sp³-hybridized carbons (Fsp3) is 0.318. The zero-order chi connectivity index (χ0) is 22.6. The second-order valence-corrected chi connectivity index (χ2v) is 7.17. The van der Waals surface area contributed by atoms with Crippen molar-refractivity contribution in [2.45, 2.75) is 6.54 Å². The molecule has 2 aromatic carbocycles. The molecule has 8 nitrogen and oxygen atoms in total. The summed E-state index contributed by atoms with van der Waals surface area (Å²) in [4.78, 5) is 13.4. The van der Waals surface area contributed by atoms with Gasteiger partial charge in [0, 0.05) is 30.2 Å². The van der Waals surface area contributed by atoms with E-state index in [1.54, 1.807) is 24.3 Å². The van der Waals surface area contributed by atoms with Gasteiger partial charge in [0.15, 0.2) is 5.82 Å². The predicted octanol–water partition coefficient (Wildman–Crippen LogP) is 3.35. The van der Waals surface area contributed by atoms with Crippen LogP contribution in [-0.2, 0) is 16.0 Å². The smallest absolute Gasteiger partial charge is 0.228 e. The van der Waals surface area contributed by atoms with Crippen molar-refractivity contribution in [3.63, 3.8) is 0 Å². The first kappa shape index (κ1) is 23.8. The minimum atomic E-state index is -0.279. The number of aromatic nitrogens is 3. The molecule has 3 aromatic rings. The quantitative estimate of drug-likeness (QED) is 0.333. The predicted molar refractivity (Wildman–Crippen MR) is 123 cm³/mol. The molecule has 3 rings (SSSR count). The number of hydrogen-bond donors (Lipinski definition) is 3. The Kier molecular flexibility index (Phi) is 9.58. The summed E-state index contributed by atoms with van der Waals surface area (Å²) >= 11 is 5.99. The summed E-state index contributed by atoms with van der Waals surface area (Å²) in [6.45, 7) is 3.42. The Morgan fingerprint density at radius 3 is 2.16 bits per heavy atom. The Morgan fingerprint density at radius 1 is 0.812 bits per heavy atom. The number of anilines is 2. The van der Waals surface area contributed by atoms with Crippen molar-refractivity contribution in [1.29, 1.82) is 0 Å². The average molecular weight is 461 g/mol. The van der Waals surface area contributed by atoms with E-state index in [0.717, 1.165) is 11.1 Å². The van der Waals surface area contributed by atoms with E-state index < -0.39 is 0 Å². The van der Waals surface area contributed by atoms with Crippen LogP contribution in [0.5, 0.6) is 0 Å². The third-order valence-corrected chi connectivity index (χ3v) is 4.52. The number of halogens is 2. The van der Waals surface area contributed by atoms with Crippen LogP contribution in [0.1, 0.15) is 5.56 Å². The van der Waals surface area contributed by atoms with Gasteiger partial charge >= 0.3 is 0 Å². The van der Waals surface area contributed by atoms with Crippen LogP contribution in [0.15, 0.2) is 48.5 Å². The molecule has 1 heterocycles. The van der Waals surface area contributed by atoms with Crippen molar-refractivity contribution in [1.82, 2.24) is 15.0 Å². The van der Waals surface area contributed by atoms with E-state index in [-0.39, 0.29) is 5.82 Å². The van der Waals surface area contributed by atoms with Gasteiger partial charge in [0.05, 0.1) is 26.4 Å². The van der Waals surface area contributed by atoms with Crippen molar-refractivity contribution in [2.75, 3.05) is 50.2 Å². The molecular weight excluding hydrogens is 435 g/mol. The van der Waals surface area contributed by atoms with Gasteiger partial charge in [-0.3, -0.25) is 0 Å². The van der Waals surface area contributed by atoms with Crippen LogP contribution >= 0.6 is 11.6 Å². The topological polar surface area (TPSA) is 107 Å². The SMILES string of the molecule is NCCOCCOCCNc1nc(NCc2ccc(F)cc2)nc(-c2ccc(Cl)cc2)n1. The van der Waals surface area contributed by atoms with Gasteiger partial charge in [0.25, 0.3) is 0 Å². The maximum Gasteiger partial charge on any atom is 0.228 e. The van der Waals surface area contributed by atoms with Gasteiger partial charge in [-0.25, -0.2) is 4.39 Å². The number of rotatable bonds is 13. The molecule has 1 aromatic heterocycles. The first-order chi connectivity index (χ1) is 15.6. The summed E-state index contributed by atoms with van der Waals surface area (Å²) in [5.74, 6) is 1.03. The van der Waals surface area contributed by atoms with E-state index in [1.807, 2.05) is 12.1 Å². The first-order valence-electron chi connectivity index (χ1n) is 10.2. The second-order valence-electron chi connectivity index (χ2n) is 6.73. The zero-order valence-corrected chi connectivity index (χ0v) is 18.3. The lowest BCUT2D eigenvalue weighted by Crippen LogP contribution is -2.16. The van der Waals surface area contributed by atoms with Crippen LogP contribution < -0.4 is 16.4 Å². The second kappa shape index (κ2) is 12.9. The van der Waals surface area contributed by atoms with Gasteiger partial charge in [0.1, 0.15) is 5.82 Å². The molecule has 0 radical (unpaired) electrons. The molecule has 0 aliphatic heterocycles. The Hall–Kier alpha value is -2.85. The molecule has 0 aliphatic rings. The molecule has 0 unspecified atom stereocenters. The van der Waals surface area contributed by atoms with Crippen molar-refractivity contribution in [2.24, 2.45) is 5.73 Å². The fourth-order valence-electron chi connectivity index (χ4n) is 2.69. The highest BCUT2D eigenvalue weighted by Gasteiger charge is 2.09. The monoisotopic (exact) mass is 460 g/mol. The zero-order valence-electron chi connectivity index (χ0n) is 17.6. The van der Waals surface area contributed by atoms with Gasteiger partial charge < -0.3 is 25.8 Å². The van der Waals surface area contributed by atoms with Gasteiger partial charge in [-0.15, -0.1) is 0 Å². The summed E-state index contributed by atoms with van der Waals surface area (Å²) in [6.07, 6.45) is 0. The van der Waals surface area contributed by atoms with E-state index in [4.69, 9.17) is 26.8 Å². The van der Waals surface area contributed by atoms with Gasteiger partial charge in [0.2, 0.25) is 11.9 Å². The molecule has 0 saturated carbocycles. The van der Waals surface area contributed by atoms with Crippen LogP contribution in [0.25, 0.3) is 11.4 Å². The molecule has 170 valence electrons. The lowest BCUT2D eigenvalue weighted by atomic mass is 10.2. The minimum Gasteiger partial charge on any atom is -0.378 e. The maximum absolute atomic E-state index is 13.1. The van der Waals surface area contributed by atoms with Gasteiger partial charge in [-0.1, -0.05) is 23.7 Å². The van der Waals surface area contributed by atoms with E-state index in [0.29, 0.717) is 68.8 Å². The molecule has 0 fully saturated rings. The van der Waals surface area contributed by atoms with Crippen LogP contribution in [0.4, 0.5) is 16.3 Å². The highest BCUT2D eigenvalue weighted by molar-refractivity contribution is 6.30. The van der Waals surface area contributed by atoms with Crippen molar-refractivity contribution >= 4 is 23.5 Å². The van der Waals surface area contributed by atoms with Crippen molar-refractivity contribution in [3.8, 4) is 11.4 Å². The molecular formula is C22H26ClFN6O2. The van der Waals surface area contributed by atoms with E-state index >= 15 is 0 Å². The van der Waals surface area contributed by atoms with Crippen LogP contribution in [-0.4, -0.2) is 54.5 Å². The van der Waals surface area contributed by atoms with Gasteiger partial charge in [-0.05, 0) is 42.0 Å². The standard InChI is InChI=1S/C22H26ClFN6O2/c23-18-5-3-17(4-6-18)20-28-21(26-10-12-32-14-13-31-11-9-25)30-22(29-20)27-15-16-1-7-19(24)8-2-16/h1-8H,9-15,25H2,(H2,26,27,28,29,30). The van der Waals surface area contributed by atoms with Crippen molar-refractivity contribution < 1.29 is 13.9 Å². The molecule has 0 aliphatic carbocycles. The summed E-state index contributed by atoms with van der Waals surface area (Å²) in [5, 5.41) is 6.94. The minimum absolute atomic E-state index is 0.279. The molecule has 0 amide bonds. The molecule has 0 atom stereocenters. The lowest BCUT2D eigenvalue weighted by molar-refractivity contribution is 0.0547. The highest BCUT2D eigenvalue weighted by Crippen LogP contribution is 2.20. The normalized spacial score (nSPS) is 10.8. The fourth-order valence-corrected chi connectivity index (χ4v) is 2.81. The molecule has 4 N–H and O–H groups in total. The highest BCUT2D eigenvalue weighted by atomic mass is 35.5. The number of benzene rings is 2. The van der Waals surface area contributed by atoms with Crippen LogP contribution in [0.2, 0.25) is 5.02 Å². The van der Waals surface area contributed by atoms with E-state index in [1.165, 1.54) is 12.1 Å². The summed E-state index contributed by atoms with van der Waals surface area (Å²) < 4.78 is 23.9. The molecule has 10 heteroatoms. The maximum atomic E-state index is 13.1. The van der Waals surface area contributed by atoms with E-state index in [2.05, 4.69) is 25.6 Å². The third-order valence-electron chi connectivity index (χ3n) is 4.27. The molecule has 0 bridgehead atoms. The number of nitrogens with zero attached hydrogens (tertiary/aromatic N) is 3. The number of nitrogens with one attached hydrogen (secondary N) is 2. The molecule has 0 spiro atoms. The Balaban J connectivity index is 1.63. The van der Waals surface area contributed by atoms with Crippen LogP contribution in [0, 0.1) is 5.82 Å². The lowest BCUT2D eigenvalue weighted by Gasteiger charge is -2.11.